The first-order chi connectivity index (χ1) is 16.6. The molecule has 1 amide bonds. The molecule has 0 aliphatic carbocycles. The van der Waals surface area contributed by atoms with Crippen LogP contribution in [0.4, 0.5) is 5.82 Å². The van der Waals surface area contributed by atoms with Gasteiger partial charge in [-0.05, 0) is 43.2 Å². The lowest BCUT2D eigenvalue weighted by Gasteiger charge is -2.33. The molecule has 166 valence electrons. The Hall–Kier alpha value is -4.83. The first-order valence-corrected chi connectivity index (χ1v) is 10.8. The van der Waals surface area contributed by atoms with Crippen molar-refractivity contribution in [1.82, 2.24) is 29.2 Å². The van der Waals surface area contributed by atoms with Gasteiger partial charge in [0.05, 0.1) is 17.3 Å². The van der Waals surface area contributed by atoms with Crippen LogP contribution in [-0.2, 0) is 0 Å². The molecule has 1 N–H and O–H groups in total. The molecule has 1 fully saturated rings. The number of nitrogens with one attached hydrogen (secondary N) is 1. The lowest BCUT2D eigenvalue weighted by molar-refractivity contribution is 0.0708. The van der Waals surface area contributed by atoms with Crippen LogP contribution in [0.25, 0.3) is 17.2 Å². The fourth-order valence-electron chi connectivity index (χ4n) is 4.01. The molecule has 1 aliphatic heterocycles. The average Bonchev–Trinajstić information content (AvgIpc) is 3.32. The van der Waals surface area contributed by atoms with Gasteiger partial charge in [-0.25, -0.2) is 19.9 Å². The van der Waals surface area contributed by atoms with E-state index in [0.717, 1.165) is 12.8 Å². The molecule has 0 radical (unpaired) electrons. The van der Waals surface area contributed by atoms with Gasteiger partial charge in [-0.15, -0.1) is 0 Å². The molecular formula is C24H19N9O. The SMILES string of the molecule is N#Cc1ccc(C(=O)N2CCCC(Nc3ccnc(-c4cnc5ccc(C#N)cn45)n3)C2)nc1. The summed E-state index contributed by atoms with van der Waals surface area (Å²) in [7, 11) is 0. The number of hydrogen-bond donors (Lipinski definition) is 1. The van der Waals surface area contributed by atoms with E-state index in [0.29, 0.717) is 52.9 Å². The predicted octanol–water partition coefficient (Wildman–Crippen LogP) is 2.65. The smallest absolute Gasteiger partial charge is 0.272 e. The Kier molecular flexibility index (Phi) is 5.55. The lowest BCUT2D eigenvalue weighted by atomic mass is 10.1. The highest BCUT2D eigenvalue weighted by molar-refractivity contribution is 5.92. The number of amides is 1. The van der Waals surface area contributed by atoms with Crippen LogP contribution >= 0.6 is 0 Å². The maximum Gasteiger partial charge on any atom is 0.272 e. The van der Waals surface area contributed by atoms with Gasteiger partial charge in [-0.3, -0.25) is 9.20 Å². The minimum atomic E-state index is -0.154. The fraction of sp³-hybridized carbons (Fsp3) is 0.208. The van der Waals surface area contributed by atoms with Gasteiger partial charge in [-0.1, -0.05) is 0 Å². The summed E-state index contributed by atoms with van der Waals surface area (Å²) in [5.41, 5.74) is 2.65. The Morgan fingerprint density at radius 3 is 2.68 bits per heavy atom. The summed E-state index contributed by atoms with van der Waals surface area (Å²) in [5, 5.41) is 21.6. The number of carbonyl (C=O) groups excluding carboxylic acids is 1. The second-order valence-electron chi connectivity index (χ2n) is 7.95. The number of rotatable bonds is 4. The number of aromatic nitrogens is 5. The van der Waals surface area contributed by atoms with E-state index >= 15 is 0 Å². The molecule has 0 bridgehead atoms. The molecule has 4 aromatic heterocycles. The third-order valence-corrected chi connectivity index (χ3v) is 5.69. The first kappa shape index (κ1) is 21.0. The Balaban J connectivity index is 1.32. The van der Waals surface area contributed by atoms with Crippen LogP contribution in [0.5, 0.6) is 0 Å². The number of anilines is 1. The van der Waals surface area contributed by atoms with E-state index in [9.17, 15) is 10.1 Å². The van der Waals surface area contributed by atoms with Gasteiger partial charge in [0.25, 0.3) is 5.91 Å². The van der Waals surface area contributed by atoms with E-state index in [1.165, 1.54) is 6.20 Å². The number of likely N-dealkylation sites (tertiary alicyclic amines) is 1. The average molecular weight is 449 g/mol. The highest BCUT2D eigenvalue weighted by atomic mass is 16.2. The Labute approximate surface area is 195 Å². The molecule has 5 heterocycles. The molecule has 1 unspecified atom stereocenters. The topological polar surface area (TPSA) is 136 Å². The summed E-state index contributed by atoms with van der Waals surface area (Å²) in [6.07, 6.45) is 8.22. The molecular weight excluding hydrogens is 430 g/mol. The van der Waals surface area contributed by atoms with Crippen LogP contribution in [0.3, 0.4) is 0 Å². The molecule has 1 aliphatic rings. The fourth-order valence-corrected chi connectivity index (χ4v) is 4.01. The normalized spacial score (nSPS) is 15.5. The number of hydrogen-bond acceptors (Lipinski definition) is 8. The van der Waals surface area contributed by atoms with Crippen LogP contribution < -0.4 is 5.32 Å². The predicted molar refractivity (Wildman–Crippen MR) is 122 cm³/mol. The second kappa shape index (κ2) is 8.96. The van der Waals surface area contributed by atoms with Crippen LogP contribution in [-0.4, -0.2) is 54.3 Å². The highest BCUT2D eigenvalue weighted by Gasteiger charge is 2.25. The van der Waals surface area contributed by atoms with E-state index in [4.69, 9.17) is 5.26 Å². The zero-order valence-corrected chi connectivity index (χ0v) is 18.1. The van der Waals surface area contributed by atoms with Gasteiger partial charge >= 0.3 is 0 Å². The standard InChI is InChI=1S/C24H19N9O/c25-10-16-3-5-19(28-12-16)24(34)32-9-1-2-18(15-32)30-21-7-8-27-23(31-21)20-13-29-22-6-4-17(11-26)14-33(20)22/h3-8,12-14,18H,1-2,9,15H2,(H,27,30,31). The summed E-state index contributed by atoms with van der Waals surface area (Å²) in [6, 6.07) is 12.6. The zero-order valence-electron chi connectivity index (χ0n) is 18.1. The van der Waals surface area contributed by atoms with Crippen LogP contribution in [0.2, 0.25) is 0 Å². The summed E-state index contributed by atoms with van der Waals surface area (Å²) in [4.78, 5) is 32.2. The van der Waals surface area contributed by atoms with Crippen LogP contribution in [0, 0.1) is 22.7 Å². The van der Waals surface area contributed by atoms with Gasteiger partial charge in [0.15, 0.2) is 5.82 Å². The number of pyridine rings is 2. The monoisotopic (exact) mass is 449 g/mol. The largest absolute Gasteiger partial charge is 0.365 e. The number of nitrogens with zero attached hydrogens (tertiary/aromatic N) is 8. The van der Waals surface area contributed by atoms with Gasteiger partial charge in [0, 0.05) is 37.7 Å². The molecule has 0 spiro atoms. The molecule has 1 saturated heterocycles. The van der Waals surface area contributed by atoms with Crippen molar-refractivity contribution < 1.29 is 4.79 Å². The van der Waals surface area contributed by atoms with Crippen LogP contribution in [0.1, 0.15) is 34.5 Å². The van der Waals surface area contributed by atoms with E-state index in [2.05, 4.69) is 31.3 Å². The van der Waals surface area contributed by atoms with Gasteiger partial charge in [-0.2, -0.15) is 10.5 Å². The summed E-state index contributed by atoms with van der Waals surface area (Å²) in [6.45, 7) is 1.16. The lowest BCUT2D eigenvalue weighted by Crippen LogP contribution is -2.45. The van der Waals surface area contributed by atoms with E-state index in [1.54, 1.807) is 58.2 Å². The van der Waals surface area contributed by atoms with E-state index < -0.39 is 0 Å². The second-order valence-corrected chi connectivity index (χ2v) is 7.95. The maximum atomic E-state index is 12.9. The minimum Gasteiger partial charge on any atom is -0.365 e. The van der Waals surface area contributed by atoms with Crippen molar-refractivity contribution in [3.63, 3.8) is 0 Å². The summed E-state index contributed by atoms with van der Waals surface area (Å²) in [5.74, 6) is 0.976. The number of fused-ring (bicyclic) bond motifs is 1. The van der Waals surface area contributed by atoms with Crippen molar-refractivity contribution in [3.05, 3.63) is 71.9 Å². The van der Waals surface area contributed by atoms with Crippen molar-refractivity contribution in [2.24, 2.45) is 0 Å². The Morgan fingerprint density at radius 1 is 1.03 bits per heavy atom. The summed E-state index contributed by atoms with van der Waals surface area (Å²) < 4.78 is 1.79. The molecule has 10 heteroatoms. The van der Waals surface area contributed by atoms with Crippen molar-refractivity contribution in [3.8, 4) is 23.7 Å². The molecule has 5 rings (SSSR count). The quantitative estimate of drug-likeness (QED) is 0.502. The van der Waals surface area contributed by atoms with E-state index in [-0.39, 0.29) is 11.9 Å². The Morgan fingerprint density at radius 2 is 1.88 bits per heavy atom. The molecule has 10 nitrogen and oxygen atoms in total. The van der Waals surface area contributed by atoms with Gasteiger partial charge in [0.1, 0.15) is 35.0 Å². The van der Waals surface area contributed by atoms with Crippen molar-refractivity contribution >= 4 is 17.4 Å². The highest BCUT2D eigenvalue weighted by Crippen LogP contribution is 2.21. The van der Waals surface area contributed by atoms with Crippen LogP contribution in [0.15, 0.2) is 55.1 Å². The first-order valence-electron chi connectivity index (χ1n) is 10.8. The zero-order chi connectivity index (χ0) is 23.5. The van der Waals surface area contributed by atoms with Crippen molar-refractivity contribution in [2.45, 2.75) is 18.9 Å². The molecule has 34 heavy (non-hydrogen) atoms. The molecule has 4 aromatic rings. The number of carbonyl (C=O) groups is 1. The third kappa shape index (κ3) is 4.12. The molecule has 0 aromatic carbocycles. The van der Waals surface area contributed by atoms with Crippen molar-refractivity contribution in [2.75, 3.05) is 18.4 Å². The number of nitriles is 2. The Bertz CT molecular complexity index is 1450. The molecule has 1 atom stereocenters. The van der Waals surface area contributed by atoms with E-state index in [1.807, 2.05) is 6.07 Å². The van der Waals surface area contributed by atoms with Gasteiger partial charge in [0.2, 0.25) is 0 Å². The number of imidazole rings is 1. The minimum absolute atomic E-state index is 0.0196. The summed E-state index contributed by atoms with van der Waals surface area (Å²) >= 11 is 0. The molecule has 0 saturated carbocycles. The third-order valence-electron chi connectivity index (χ3n) is 5.69. The number of piperidine rings is 1. The van der Waals surface area contributed by atoms with Crippen molar-refractivity contribution in [1.29, 1.82) is 10.5 Å². The van der Waals surface area contributed by atoms with Gasteiger partial charge < -0.3 is 10.2 Å². The maximum absolute atomic E-state index is 12.9.